The molecule has 0 bridgehead atoms. The third-order valence-electron chi connectivity index (χ3n) is 4.19. The predicted molar refractivity (Wildman–Crippen MR) is 107 cm³/mol. The van der Waals surface area contributed by atoms with E-state index in [2.05, 4.69) is 34.6 Å². The molecule has 3 aromatic rings. The van der Waals surface area contributed by atoms with Crippen LogP contribution in [0, 0.1) is 10.1 Å². The lowest BCUT2D eigenvalue weighted by atomic mass is 10.1. The van der Waals surface area contributed by atoms with Gasteiger partial charge in [0.25, 0.3) is 5.69 Å². The molecule has 0 atom stereocenters. The Morgan fingerprint density at radius 1 is 1.30 bits per heavy atom. The highest BCUT2D eigenvalue weighted by Gasteiger charge is 2.12. The second kappa shape index (κ2) is 8.41. The van der Waals surface area contributed by atoms with Gasteiger partial charge >= 0.3 is 0 Å². The Balaban J connectivity index is 1.61. The van der Waals surface area contributed by atoms with Gasteiger partial charge in [0.2, 0.25) is 0 Å². The van der Waals surface area contributed by atoms with Gasteiger partial charge in [0, 0.05) is 67.3 Å². The van der Waals surface area contributed by atoms with E-state index in [1.165, 1.54) is 17.1 Å². The van der Waals surface area contributed by atoms with E-state index in [-0.39, 0.29) is 5.69 Å². The molecule has 1 aromatic carbocycles. The molecule has 3 rings (SSSR count). The van der Waals surface area contributed by atoms with Crippen LogP contribution >= 0.6 is 11.3 Å². The van der Waals surface area contributed by atoms with Crippen LogP contribution in [0.15, 0.2) is 35.8 Å². The van der Waals surface area contributed by atoms with Crippen LogP contribution in [-0.2, 0) is 20.0 Å². The van der Waals surface area contributed by atoms with E-state index in [9.17, 15) is 10.1 Å². The summed E-state index contributed by atoms with van der Waals surface area (Å²) in [7, 11) is 1.88. The van der Waals surface area contributed by atoms with Gasteiger partial charge in [0.1, 0.15) is 0 Å². The quantitative estimate of drug-likeness (QED) is 0.361. The lowest BCUT2D eigenvalue weighted by molar-refractivity contribution is -0.384. The smallest absolute Gasteiger partial charge is 0.269 e. The monoisotopic (exact) mass is 385 g/mol. The van der Waals surface area contributed by atoms with Crippen molar-refractivity contribution in [2.75, 3.05) is 6.54 Å². The first kappa shape index (κ1) is 19.2. The average molecular weight is 385 g/mol. The second-order valence-corrected chi connectivity index (χ2v) is 7.63. The summed E-state index contributed by atoms with van der Waals surface area (Å²) in [4.78, 5) is 15.1. The number of benzene rings is 1. The zero-order valence-corrected chi connectivity index (χ0v) is 16.5. The normalized spacial score (nSPS) is 11.3. The Morgan fingerprint density at radius 2 is 2.04 bits per heavy atom. The van der Waals surface area contributed by atoms with E-state index in [4.69, 9.17) is 0 Å². The van der Waals surface area contributed by atoms with Crippen molar-refractivity contribution in [3.05, 3.63) is 62.2 Å². The second-order valence-electron chi connectivity index (χ2n) is 6.74. The van der Waals surface area contributed by atoms with E-state index >= 15 is 0 Å². The number of nitro groups is 1. The fraction of sp³-hybridized carbons (Fsp3) is 0.368. The molecule has 2 aromatic heterocycles. The van der Waals surface area contributed by atoms with Gasteiger partial charge in [-0.05, 0) is 12.1 Å². The van der Waals surface area contributed by atoms with Gasteiger partial charge in [0.15, 0.2) is 0 Å². The number of nitro benzene ring substituents is 1. The summed E-state index contributed by atoms with van der Waals surface area (Å²) in [5.74, 6) is 0.469. The topological polar surface area (TPSA) is 85.9 Å². The largest absolute Gasteiger partial charge is 0.312 e. The molecule has 0 saturated carbocycles. The molecule has 27 heavy (non-hydrogen) atoms. The van der Waals surface area contributed by atoms with Gasteiger partial charge < -0.3 is 5.32 Å². The van der Waals surface area contributed by atoms with Gasteiger partial charge in [-0.3, -0.25) is 14.8 Å². The van der Waals surface area contributed by atoms with Crippen LogP contribution < -0.4 is 5.32 Å². The fourth-order valence-corrected chi connectivity index (χ4v) is 3.66. The molecule has 0 unspecified atom stereocenters. The number of rotatable bonds is 8. The first-order valence-corrected chi connectivity index (χ1v) is 9.74. The Morgan fingerprint density at radius 3 is 2.67 bits per heavy atom. The Bertz CT molecular complexity index is 915. The maximum atomic E-state index is 10.8. The maximum Gasteiger partial charge on any atom is 0.269 e. The molecule has 2 heterocycles. The van der Waals surface area contributed by atoms with Crippen LogP contribution in [0.2, 0.25) is 0 Å². The molecule has 0 aliphatic heterocycles. The van der Waals surface area contributed by atoms with Crippen molar-refractivity contribution in [1.29, 1.82) is 0 Å². The molecular weight excluding hydrogens is 362 g/mol. The molecule has 0 aliphatic carbocycles. The number of aromatic nitrogens is 3. The van der Waals surface area contributed by atoms with Crippen LogP contribution in [-0.4, -0.2) is 26.2 Å². The minimum atomic E-state index is -0.395. The number of hydrogen-bond acceptors (Lipinski definition) is 6. The summed E-state index contributed by atoms with van der Waals surface area (Å²) < 4.78 is 1.77. The van der Waals surface area contributed by atoms with Crippen LogP contribution in [0.5, 0.6) is 0 Å². The SMILES string of the molecule is CC(C)c1nc(CCNCc2cn(C)nc2-c2ccc([N+](=O)[O-])cc2)cs1. The zero-order chi connectivity index (χ0) is 19.4. The summed E-state index contributed by atoms with van der Waals surface area (Å²) in [6.07, 6.45) is 2.86. The maximum absolute atomic E-state index is 10.8. The number of aryl methyl sites for hydroxylation is 1. The van der Waals surface area contributed by atoms with Crippen molar-refractivity contribution in [3.63, 3.8) is 0 Å². The summed E-state index contributed by atoms with van der Waals surface area (Å²) >= 11 is 1.72. The third kappa shape index (κ3) is 4.78. The third-order valence-corrected chi connectivity index (χ3v) is 5.39. The first-order valence-electron chi connectivity index (χ1n) is 8.86. The summed E-state index contributed by atoms with van der Waals surface area (Å²) in [6, 6.07) is 6.50. The molecule has 0 aliphatic rings. The Hall–Kier alpha value is -2.58. The van der Waals surface area contributed by atoms with Gasteiger partial charge in [-0.1, -0.05) is 13.8 Å². The van der Waals surface area contributed by atoms with Crippen LogP contribution in [0.3, 0.4) is 0 Å². The van der Waals surface area contributed by atoms with Crippen molar-refractivity contribution < 1.29 is 4.92 Å². The van der Waals surface area contributed by atoms with E-state index in [0.717, 1.165) is 35.5 Å². The number of nitrogens with zero attached hydrogens (tertiary/aromatic N) is 4. The number of thiazole rings is 1. The molecule has 0 radical (unpaired) electrons. The highest BCUT2D eigenvalue weighted by atomic mass is 32.1. The zero-order valence-electron chi connectivity index (χ0n) is 15.7. The molecule has 0 fully saturated rings. The summed E-state index contributed by atoms with van der Waals surface area (Å²) in [5.41, 5.74) is 3.98. The lowest BCUT2D eigenvalue weighted by Gasteiger charge is -2.05. The van der Waals surface area contributed by atoms with Crippen LogP contribution in [0.1, 0.15) is 36.0 Å². The molecule has 0 spiro atoms. The highest BCUT2D eigenvalue weighted by molar-refractivity contribution is 7.09. The fourth-order valence-electron chi connectivity index (χ4n) is 2.79. The average Bonchev–Trinajstić information content (AvgIpc) is 3.25. The molecule has 8 heteroatoms. The Kier molecular flexibility index (Phi) is 5.98. The van der Waals surface area contributed by atoms with Crippen molar-refractivity contribution in [3.8, 4) is 11.3 Å². The van der Waals surface area contributed by atoms with Gasteiger partial charge in [-0.15, -0.1) is 11.3 Å². The lowest BCUT2D eigenvalue weighted by Crippen LogP contribution is -2.17. The Labute approximate surface area is 162 Å². The van der Waals surface area contributed by atoms with Gasteiger partial charge in [-0.2, -0.15) is 5.10 Å². The van der Waals surface area contributed by atoms with Crippen LogP contribution in [0.25, 0.3) is 11.3 Å². The highest BCUT2D eigenvalue weighted by Crippen LogP contribution is 2.24. The van der Waals surface area contributed by atoms with E-state index < -0.39 is 4.92 Å². The molecule has 0 saturated heterocycles. The molecule has 0 amide bonds. The number of hydrogen-bond donors (Lipinski definition) is 1. The number of nitrogens with one attached hydrogen (secondary N) is 1. The van der Waals surface area contributed by atoms with Gasteiger partial charge in [-0.25, -0.2) is 4.98 Å². The molecular formula is C19H23N5O2S. The summed E-state index contributed by atoms with van der Waals surface area (Å²) in [5, 5.41) is 22.1. The standard InChI is InChI=1S/C19H23N5O2S/c1-13(2)19-21-16(12-27-19)8-9-20-10-15-11-23(3)22-18(15)14-4-6-17(7-5-14)24(25)26/h4-7,11-13,20H,8-10H2,1-3H3. The summed E-state index contributed by atoms with van der Waals surface area (Å²) in [6.45, 7) is 5.82. The minimum absolute atomic E-state index is 0.0818. The van der Waals surface area contributed by atoms with E-state index in [1.54, 1.807) is 28.2 Å². The molecule has 142 valence electrons. The first-order chi connectivity index (χ1) is 12.9. The van der Waals surface area contributed by atoms with Crippen molar-refractivity contribution in [2.24, 2.45) is 7.05 Å². The van der Waals surface area contributed by atoms with Crippen molar-refractivity contribution >= 4 is 17.0 Å². The van der Waals surface area contributed by atoms with Crippen LogP contribution in [0.4, 0.5) is 5.69 Å². The minimum Gasteiger partial charge on any atom is -0.312 e. The molecule has 1 N–H and O–H groups in total. The molecule has 7 nitrogen and oxygen atoms in total. The van der Waals surface area contributed by atoms with E-state index in [0.29, 0.717) is 12.5 Å². The van der Waals surface area contributed by atoms with Crippen molar-refractivity contribution in [2.45, 2.75) is 32.7 Å². The predicted octanol–water partition coefficient (Wildman–Crippen LogP) is 3.91. The van der Waals surface area contributed by atoms with Crippen molar-refractivity contribution in [1.82, 2.24) is 20.1 Å². The van der Waals surface area contributed by atoms with Gasteiger partial charge in [0.05, 0.1) is 21.3 Å². The number of non-ortho nitro benzene ring substituents is 1. The van der Waals surface area contributed by atoms with E-state index in [1.807, 2.05) is 13.2 Å².